The van der Waals surface area contributed by atoms with Gasteiger partial charge in [0.15, 0.2) is 0 Å². The fourth-order valence-corrected chi connectivity index (χ4v) is 5.12. The fourth-order valence-electron chi connectivity index (χ4n) is 5.12. The third kappa shape index (κ3) is 5.35. The Bertz CT molecular complexity index is 1660. The standard InChI is InChI=1S/C38H29N/c1-2-12-30-20-21-33(27-37(30)38-19-9-10-22-39-38)31-17-11-18-32(23-31)36-25-34(28-13-5-3-6-14-28)24-35(26-36)29-15-7-4-8-16-29/h2-11,13-27H,1,12H2. The molecule has 6 aromatic rings. The Hall–Kier alpha value is -5.01. The summed E-state index contributed by atoms with van der Waals surface area (Å²) in [4.78, 5) is 4.63. The molecule has 0 unspecified atom stereocenters. The van der Waals surface area contributed by atoms with Gasteiger partial charge in [-0.05, 0) is 99.0 Å². The van der Waals surface area contributed by atoms with Gasteiger partial charge in [-0.1, -0.05) is 103 Å². The van der Waals surface area contributed by atoms with Gasteiger partial charge in [-0.25, -0.2) is 0 Å². The molecule has 6 rings (SSSR count). The summed E-state index contributed by atoms with van der Waals surface area (Å²) < 4.78 is 0. The maximum atomic E-state index is 4.63. The fraction of sp³-hybridized carbons (Fsp3) is 0.0263. The molecule has 5 aromatic carbocycles. The predicted octanol–water partition coefficient (Wildman–Crippen LogP) is 10.1. The molecule has 0 bridgehead atoms. The molecule has 0 spiro atoms. The van der Waals surface area contributed by atoms with Gasteiger partial charge >= 0.3 is 0 Å². The number of pyridine rings is 1. The smallest absolute Gasteiger partial charge is 0.0705 e. The second kappa shape index (κ2) is 11.2. The highest BCUT2D eigenvalue weighted by atomic mass is 14.7. The first kappa shape index (κ1) is 24.3. The van der Waals surface area contributed by atoms with E-state index in [4.69, 9.17) is 0 Å². The Morgan fingerprint density at radius 3 is 1.56 bits per heavy atom. The quantitative estimate of drug-likeness (QED) is 0.199. The summed E-state index contributed by atoms with van der Waals surface area (Å²) in [6.07, 6.45) is 4.61. The first-order chi connectivity index (χ1) is 19.3. The molecule has 0 aliphatic carbocycles. The Labute approximate surface area is 230 Å². The van der Waals surface area contributed by atoms with Crippen molar-refractivity contribution in [3.05, 3.63) is 164 Å². The monoisotopic (exact) mass is 499 g/mol. The molecule has 1 nitrogen and oxygen atoms in total. The zero-order chi connectivity index (χ0) is 26.4. The van der Waals surface area contributed by atoms with E-state index in [-0.39, 0.29) is 0 Å². The minimum atomic E-state index is 0.806. The summed E-state index contributed by atoms with van der Waals surface area (Å²) in [5.74, 6) is 0. The molecule has 0 amide bonds. The van der Waals surface area contributed by atoms with Crippen LogP contribution in [-0.4, -0.2) is 4.98 Å². The Morgan fingerprint density at radius 2 is 0.974 bits per heavy atom. The average Bonchev–Trinajstić information content (AvgIpc) is 3.02. The van der Waals surface area contributed by atoms with E-state index in [1.165, 1.54) is 50.1 Å². The second-order valence-corrected chi connectivity index (χ2v) is 9.69. The lowest BCUT2D eigenvalue weighted by molar-refractivity contribution is 1.24. The molecule has 1 heterocycles. The molecule has 0 aliphatic heterocycles. The topological polar surface area (TPSA) is 12.9 Å². The van der Waals surface area contributed by atoms with Gasteiger partial charge in [0.05, 0.1) is 5.69 Å². The molecule has 0 atom stereocenters. The van der Waals surface area contributed by atoms with Gasteiger partial charge < -0.3 is 0 Å². The third-order valence-electron chi connectivity index (χ3n) is 7.09. The minimum absolute atomic E-state index is 0.806. The van der Waals surface area contributed by atoms with Gasteiger partial charge in [-0.3, -0.25) is 4.98 Å². The van der Waals surface area contributed by atoms with Crippen LogP contribution in [0.5, 0.6) is 0 Å². The lowest BCUT2D eigenvalue weighted by atomic mass is 9.91. The Morgan fingerprint density at radius 1 is 0.462 bits per heavy atom. The summed E-state index contributed by atoms with van der Waals surface area (Å²) in [7, 11) is 0. The Balaban J connectivity index is 1.46. The summed E-state index contributed by atoms with van der Waals surface area (Å²) in [6, 6.07) is 49.7. The lowest BCUT2D eigenvalue weighted by Gasteiger charge is -2.14. The van der Waals surface area contributed by atoms with Crippen LogP contribution in [0.15, 0.2) is 158 Å². The van der Waals surface area contributed by atoms with Gasteiger partial charge in [0.25, 0.3) is 0 Å². The van der Waals surface area contributed by atoms with Crippen LogP contribution in [-0.2, 0) is 6.42 Å². The van der Waals surface area contributed by atoms with E-state index < -0.39 is 0 Å². The van der Waals surface area contributed by atoms with Crippen molar-refractivity contribution < 1.29 is 0 Å². The van der Waals surface area contributed by atoms with Crippen molar-refractivity contribution in [3.63, 3.8) is 0 Å². The molecule has 0 saturated carbocycles. The lowest BCUT2D eigenvalue weighted by Crippen LogP contribution is -1.92. The maximum absolute atomic E-state index is 4.63. The van der Waals surface area contributed by atoms with Crippen molar-refractivity contribution in [1.82, 2.24) is 4.98 Å². The van der Waals surface area contributed by atoms with Crippen molar-refractivity contribution in [2.24, 2.45) is 0 Å². The summed E-state index contributed by atoms with van der Waals surface area (Å²) in [5, 5.41) is 0. The second-order valence-electron chi connectivity index (χ2n) is 9.69. The largest absolute Gasteiger partial charge is 0.256 e. The number of allylic oxidation sites excluding steroid dienone is 1. The van der Waals surface area contributed by atoms with Crippen molar-refractivity contribution in [2.75, 3.05) is 0 Å². The average molecular weight is 500 g/mol. The molecule has 186 valence electrons. The van der Waals surface area contributed by atoms with E-state index in [2.05, 4.69) is 139 Å². The molecule has 0 fully saturated rings. The first-order valence-corrected chi connectivity index (χ1v) is 13.3. The highest BCUT2D eigenvalue weighted by molar-refractivity contribution is 5.83. The number of benzene rings is 5. The highest BCUT2D eigenvalue weighted by Crippen LogP contribution is 2.35. The predicted molar refractivity (Wildman–Crippen MR) is 165 cm³/mol. The third-order valence-corrected chi connectivity index (χ3v) is 7.09. The van der Waals surface area contributed by atoms with Gasteiger partial charge in [-0.15, -0.1) is 6.58 Å². The molecule has 0 N–H and O–H groups in total. The van der Waals surface area contributed by atoms with Crippen molar-refractivity contribution >= 4 is 0 Å². The molecular formula is C38H29N. The van der Waals surface area contributed by atoms with E-state index in [1.54, 1.807) is 0 Å². The van der Waals surface area contributed by atoms with E-state index in [0.29, 0.717) is 0 Å². The first-order valence-electron chi connectivity index (χ1n) is 13.3. The Kier molecular flexibility index (Phi) is 6.97. The number of rotatable bonds is 7. The SMILES string of the molecule is C=CCc1ccc(-c2cccc(-c3cc(-c4ccccc4)cc(-c4ccccc4)c3)c2)cc1-c1ccccn1. The van der Waals surface area contributed by atoms with Crippen molar-refractivity contribution in [2.45, 2.75) is 6.42 Å². The van der Waals surface area contributed by atoms with E-state index in [1.807, 2.05) is 24.4 Å². The number of aromatic nitrogens is 1. The number of hydrogen-bond donors (Lipinski definition) is 0. The van der Waals surface area contributed by atoms with Gasteiger partial charge in [0.2, 0.25) is 0 Å². The zero-order valence-electron chi connectivity index (χ0n) is 21.8. The van der Waals surface area contributed by atoms with Crippen LogP contribution < -0.4 is 0 Å². The normalized spacial score (nSPS) is 10.8. The number of hydrogen-bond acceptors (Lipinski definition) is 1. The van der Waals surface area contributed by atoms with Crippen LogP contribution in [0.25, 0.3) is 55.8 Å². The van der Waals surface area contributed by atoms with Crippen LogP contribution in [0.2, 0.25) is 0 Å². The van der Waals surface area contributed by atoms with Gasteiger partial charge in [0, 0.05) is 11.8 Å². The van der Waals surface area contributed by atoms with Crippen LogP contribution in [0.4, 0.5) is 0 Å². The summed E-state index contributed by atoms with van der Waals surface area (Å²) >= 11 is 0. The van der Waals surface area contributed by atoms with Crippen LogP contribution in [0, 0.1) is 0 Å². The van der Waals surface area contributed by atoms with Crippen molar-refractivity contribution in [3.8, 4) is 55.8 Å². The molecule has 39 heavy (non-hydrogen) atoms. The van der Waals surface area contributed by atoms with Crippen molar-refractivity contribution in [1.29, 1.82) is 0 Å². The van der Waals surface area contributed by atoms with Gasteiger partial charge in [0.1, 0.15) is 0 Å². The molecular weight excluding hydrogens is 470 g/mol. The molecule has 1 aromatic heterocycles. The summed E-state index contributed by atoms with van der Waals surface area (Å²) in [6.45, 7) is 3.95. The van der Waals surface area contributed by atoms with E-state index >= 15 is 0 Å². The van der Waals surface area contributed by atoms with E-state index in [0.717, 1.165) is 17.7 Å². The number of nitrogens with zero attached hydrogens (tertiary/aromatic N) is 1. The minimum Gasteiger partial charge on any atom is -0.256 e. The van der Waals surface area contributed by atoms with E-state index in [9.17, 15) is 0 Å². The highest BCUT2D eigenvalue weighted by Gasteiger charge is 2.11. The molecule has 0 aliphatic rings. The molecule has 0 saturated heterocycles. The molecule has 1 heteroatoms. The van der Waals surface area contributed by atoms with Crippen LogP contribution in [0.3, 0.4) is 0 Å². The van der Waals surface area contributed by atoms with Crippen LogP contribution >= 0.6 is 0 Å². The maximum Gasteiger partial charge on any atom is 0.0705 e. The van der Waals surface area contributed by atoms with Crippen LogP contribution in [0.1, 0.15) is 5.56 Å². The van der Waals surface area contributed by atoms with Gasteiger partial charge in [-0.2, -0.15) is 0 Å². The molecule has 0 radical (unpaired) electrons. The zero-order valence-corrected chi connectivity index (χ0v) is 21.8. The summed E-state index contributed by atoms with van der Waals surface area (Å²) in [5.41, 5.74) is 13.0.